The molecule has 2 rings (SSSR count). The van der Waals surface area contributed by atoms with E-state index in [4.69, 9.17) is 0 Å². The molecule has 0 fully saturated rings. The van der Waals surface area contributed by atoms with Gasteiger partial charge < -0.3 is 10.2 Å². The topological polar surface area (TPSA) is 49.4 Å². The molecule has 27 heavy (non-hydrogen) atoms. The van der Waals surface area contributed by atoms with Crippen LogP contribution in [0.5, 0.6) is 0 Å². The van der Waals surface area contributed by atoms with E-state index in [0.29, 0.717) is 6.54 Å². The van der Waals surface area contributed by atoms with Gasteiger partial charge in [-0.25, -0.2) is 0 Å². The summed E-state index contributed by atoms with van der Waals surface area (Å²) in [5.41, 5.74) is 2.78. The van der Waals surface area contributed by atoms with Gasteiger partial charge in [0.05, 0.1) is 6.42 Å². The maximum Gasteiger partial charge on any atom is 0.242 e. The Hall–Kier alpha value is -2.62. The molecule has 4 nitrogen and oxygen atoms in total. The van der Waals surface area contributed by atoms with Gasteiger partial charge in [-0.15, -0.1) is 0 Å². The van der Waals surface area contributed by atoms with Crippen molar-refractivity contribution in [2.45, 2.75) is 59.2 Å². The van der Waals surface area contributed by atoms with Gasteiger partial charge in [-0.1, -0.05) is 60.2 Å². The lowest BCUT2D eigenvalue weighted by Crippen LogP contribution is -2.52. The van der Waals surface area contributed by atoms with Crippen LogP contribution in [0.1, 0.15) is 44.4 Å². The second kappa shape index (κ2) is 8.85. The van der Waals surface area contributed by atoms with E-state index in [0.717, 1.165) is 11.1 Å². The van der Waals surface area contributed by atoms with Gasteiger partial charge in [-0.2, -0.15) is 0 Å². The van der Waals surface area contributed by atoms with Crippen molar-refractivity contribution in [2.75, 3.05) is 0 Å². The fourth-order valence-corrected chi connectivity index (χ4v) is 2.82. The van der Waals surface area contributed by atoms with E-state index in [1.165, 1.54) is 5.56 Å². The molecule has 0 unspecified atom stereocenters. The molecule has 0 aromatic heterocycles. The minimum absolute atomic E-state index is 0.0571. The third kappa shape index (κ3) is 6.55. The fraction of sp³-hybridized carbons (Fsp3) is 0.391. The molecular weight excluding hydrogens is 336 g/mol. The number of nitrogens with one attached hydrogen (secondary N) is 1. The van der Waals surface area contributed by atoms with Crippen molar-refractivity contribution >= 4 is 11.8 Å². The zero-order chi connectivity index (χ0) is 20.0. The summed E-state index contributed by atoms with van der Waals surface area (Å²) >= 11 is 0. The van der Waals surface area contributed by atoms with Crippen LogP contribution >= 0.6 is 0 Å². The molecule has 0 saturated carbocycles. The van der Waals surface area contributed by atoms with Crippen LogP contribution in [-0.4, -0.2) is 28.3 Å². The Kier molecular flexibility index (Phi) is 6.78. The standard InChI is InChI=1S/C23H30N2O2/c1-17-11-13-20(14-12-17)16-25(18(2)22(27)24-23(3,4)5)21(26)15-19-9-7-6-8-10-19/h6-14,18H,15-16H2,1-5H3,(H,24,27)/t18-/m0/s1. The lowest BCUT2D eigenvalue weighted by molar-refractivity contribution is -0.140. The Morgan fingerprint density at radius 2 is 1.56 bits per heavy atom. The van der Waals surface area contributed by atoms with Gasteiger partial charge in [-0.3, -0.25) is 9.59 Å². The summed E-state index contributed by atoms with van der Waals surface area (Å²) in [6.07, 6.45) is 0.278. The predicted molar refractivity (Wildman–Crippen MR) is 109 cm³/mol. The second-order valence-corrected chi connectivity index (χ2v) is 8.08. The molecule has 0 aliphatic heterocycles. The Bertz CT molecular complexity index is 761. The number of hydrogen-bond donors (Lipinski definition) is 1. The summed E-state index contributed by atoms with van der Waals surface area (Å²) in [5.74, 6) is -0.200. The summed E-state index contributed by atoms with van der Waals surface area (Å²) in [6, 6.07) is 17.1. The number of amides is 2. The molecular formula is C23H30N2O2. The zero-order valence-electron chi connectivity index (χ0n) is 17.0. The number of benzene rings is 2. The van der Waals surface area contributed by atoms with Crippen molar-refractivity contribution in [1.82, 2.24) is 10.2 Å². The van der Waals surface area contributed by atoms with Crippen LogP contribution < -0.4 is 5.32 Å². The Morgan fingerprint density at radius 3 is 2.11 bits per heavy atom. The molecule has 2 aromatic carbocycles. The first-order valence-electron chi connectivity index (χ1n) is 9.37. The fourth-order valence-electron chi connectivity index (χ4n) is 2.82. The molecule has 2 amide bonds. The number of aryl methyl sites for hydroxylation is 1. The molecule has 0 saturated heterocycles. The zero-order valence-corrected chi connectivity index (χ0v) is 17.0. The van der Waals surface area contributed by atoms with Crippen LogP contribution in [0, 0.1) is 6.92 Å². The Balaban J connectivity index is 2.22. The van der Waals surface area contributed by atoms with Crippen molar-refractivity contribution in [3.05, 3.63) is 71.3 Å². The van der Waals surface area contributed by atoms with Crippen molar-refractivity contribution in [3.63, 3.8) is 0 Å². The van der Waals surface area contributed by atoms with Crippen molar-refractivity contribution in [2.24, 2.45) is 0 Å². The highest BCUT2D eigenvalue weighted by molar-refractivity contribution is 5.88. The lowest BCUT2D eigenvalue weighted by atomic mass is 10.1. The van der Waals surface area contributed by atoms with Crippen molar-refractivity contribution in [3.8, 4) is 0 Å². The van der Waals surface area contributed by atoms with E-state index in [1.54, 1.807) is 11.8 Å². The minimum atomic E-state index is -0.554. The van der Waals surface area contributed by atoms with E-state index in [1.807, 2.05) is 82.3 Å². The second-order valence-electron chi connectivity index (χ2n) is 8.08. The van der Waals surface area contributed by atoms with Crippen LogP contribution in [0.25, 0.3) is 0 Å². The van der Waals surface area contributed by atoms with E-state index in [9.17, 15) is 9.59 Å². The molecule has 1 atom stereocenters. The number of carbonyl (C=O) groups excluding carboxylic acids is 2. The minimum Gasteiger partial charge on any atom is -0.350 e. The van der Waals surface area contributed by atoms with Gasteiger partial charge >= 0.3 is 0 Å². The van der Waals surface area contributed by atoms with Gasteiger partial charge in [0, 0.05) is 12.1 Å². The number of carbonyl (C=O) groups is 2. The highest BCUT2D eigenvalue weighted by Gasteiger charge is 2.28. The maximum absolute atomic E-state index is 13.0. The molecule has 2 aromatic rings. The average Bonchev–Trinajstić information content (AvgIpc) is 2.60. The third-order valence-electron chi connectivity index (χ3n) is 4.34. The molecule has 144 valence electrons. The Morgan fingerprint density at radius 1 is 0.963 bits per heavy atom. The normalized spacial score (nSPS) is 12.3. The summed E-state index contributed by atoms with van der Waals surface area (Å²) in [4.78, 5) is 27.4. The molecule has 0 aliphatic rings. The maximum atomic E-state index is 13.0. The van der Waals surface area contributed by atoms with E-state index < -0.39 is 6.04 Å². The molecule has 0 spiro atoms. The largest absolute Gasteiger partial charge is 0.350 e. The number of nitrogens with zero attached hydrogens (tertiary/aromatic N) is 1. The van der Waals surface area contributed by atoms with Crippen LogP contribution in [0.2, 0.25) is 0 Å². The summed E-state index contributed by atoms with van der Waals surface area (Å²) < 4.78 is 0. The van der Waals surface area contributed by atoms with E-state index in [-0.39, 0.29) is 23.8 Å². The smallest absolute Gasteiger partial charge is 0.242 e. The SMILES string of the molecule is Cc1ccc(CN(C(=O)Cc2ccccc2)[C@@H](C)C(=O)NC(C)(C)C)cc1. The molecule has 0 heterocycles. The van der Waals surface area contributed by atoms with Gasteiger partial charge in [-0.05, 0) is 45.7 Å². The van der Waals surface area contributed by atoms with Gasteiger partial charge in [0.15, 0.2) is 0 Å². The first-order chi connectivity index (χ1) is 12.7. The lowest BCUT2D eigenvalue weighted by Gasteiger charge is -2.31. The Labute approximate surface area is 162 Å². The summed E-state index contributed by atoms with van der Waals surface area (Å²) in [7, 11) is 0. The van der Waals surface area contributed by atoms with Gasteiger partial charge in [0.1, 0.15) is 6.04 Å². The number of rotatable bonds is 6. The predicted octanol–water partition coefficient (Wildman–Crippen LogP) is 3.87. The van der Waals surface area contributed by atoms with Crippen LogP contribution in [-0.2, 0) is 22.6 Å². The summed E-state index contributed by atoms with van der Waals surface area (Å²) in [5, 5.41) is 2.98. The first-order valence-corrected chi connectivity index (χ1v) is 9.37. The van der Waals surface area contributed by atoms with E-state index in [2.05, 4.69) is 5.32 Å². The highest BCUT2D eigenvalue weighted by atomic mass is 16.2. The third-order valence-corrected chi connectivity index (χ3v) is 4.34. The van der Waals surface area contributed by atoms with Crippen LogP contribution in [0.15, 0.2) is 54.6 Å². The van der Waals surface area contributed by atoms with Crippen LogP contribution in [0.3, 0.4) is 0 Å². The molecule has 4 heteroatoms. The molecule has 0 radical (unpaired) electrons. The van der Waals surface area contributed by atoms with E-state index >= 15 is 0 Å². The van der Waals surface area contributed by atoms with Crippen molar-refractivity contribution < 1.29 is 9.59 Å². The average molecular weight is 367 g/mol. The first kappa shape index (κ1) is 20.7. The molecule has 0 aliphatic carbocycles. The highest BCUT2D eigenvalue weighted by Crippen LogP contribution is 2.14. The molecule has 0 bridgehead atoms. The van der Waals surface area contributed by atoms with Gasteiger partial charge in [0.2, 0.25) is 11.8 Å². The van der Waals surface area contributed by atoms with Crippen LogP contribution in [0.4, 0.5) is 0 Å². The monoisotopic (exact) mass is 366 g/mol. The summed E-state index contributed by atoms with van der Waals surface area (Å²) in [6.45, 7) is 10.0. The number of hydrogen-bond acceptors (Lipinski definition) is 2. The quantitative estimate of drug-likeness (QED) is 0.844. The van der Waals surface area contributed by atoms with Crippen molar-refractivity contribution in [1.29, 1.82) is 0 Å². The molecule has 1 N–H and O–H groups in total. The van der Waals surface area contributed by atoms with Gasteiger partial charge in [0.25, 0.3) is 0 Å².